The van der Waals surface area contributed by atoms with E-state index in [-0.39, 0.29) is 17.6 Å². The second kappa shape index (κ2) is 15.9. The SMILES string of the molecule is CC(C)NC(=NCCC[C@H](NC(=O)c1cccn(C(c2ccccc2)c2ccccc2)c1=O)C(=O)OC(C)(C)C)NC(C)C. The lowest BCUT2D eigenvalue weighted by molar-refractivity contribution is -0.157. The fraction of sp³-hybridized carbons (Fsp3) is 0.429. The highest BCUT2D eigenvalue weighted by molar-refractivity contribution is 5.96. The van der Waals surface area contributed by atoms with Gasteiger partial charge in [0, 0.05) is 24.8 Å². The quantitative estimate of drug-likeness (QED) is 0.116. The van der Waals surface area contributed by atoms with E-state index in [1.165, 1.54) is 6.07 Å². The first-order valence-corrected chi connectivity index (χ1v) is 15.3. The number of ether oxygens (including phenoxy) is 1. The molecule has 0 aliphatic carbocycles. The standard InChI is InChI=1S/C35H47N5O4/c1-24(2)37-34(38-25(3)4)36-22-14-21-29(33(43)44-35(5,6)7)39-31(41)28-20-15-23-40(32(28)42)30(26-16-10-8-11-17-26)27-18-12-9-13-19-27/h8-13,15-20,23-25,29-30H,14,21-22H2,1-7H3,(H,39,41)(H2,36,37,38)/t29-/m0/s1. The summed E-state index contributed by atoms with van der Waals surface area (Å²) in [5.41, 5.74) is 0.554. The summed E-state index contributed by atoms with van der Waals surface area (Å²) in [5.74, 6) is -0.505. The van der Waals surface area contributed by atoms with Crippen molar-refractivity contribution in [1.29, 1.82) is 0 Å². The summed E-state index contributed by atoms with van der Waals surface area (Å²) in [6.07, 6.45) is 2.48. The summed E-state index contributed by atoms with van der Waals surface area (Å²) in [5, 5.41) is 9.37. The molecular formula is C35H47N5O4. The van der Waals surface area contributed by atoms with Gasteiger partial charge in [0.1, 0.15) is 17.2 Å². The van der Waals surface area contributed by atoms with Crippen LogP contribution in [0.25, 0.3) is 0 Å². The Balaban J connectivity index is 1.87. The van der Waals surface area contributed by atoms with Crippen LogP contribution in [0.15, 0.2) is 88.8 Å². The van der Waals surface area contributed by atoms with Gasteiger partial charge in [0.25, 0.3) is 11.5 Å². The molecule has 1 aromatic heterocycles. The highest BCUT2D eigenvalue weighted by Crippen LogP contribution is 2.25. The number of rotatable bonds is 12. The molecule has 44 heavy (non-hydrogen) atoms. The molecule has 0 aliphatic heterocycles. The number of amides is 1. The Kier molecular flexibility index (Phi) is 12.3. The normalized spacial score (nSPS) is 12.1. The molecule has 236 valence electrons. The molecule has 0 saturated carbocycles. The predicted molar refractivity (Wildman–Crippen MR) is 176 cm³/mol. The molecule has 2 aromatic carbocycles. The zero-order valence-electron chi connectivity index (χ0n) is 27.0. The summed E-state index contributed by atoms with van der Waals surface area (Å²) >= 11 is 0. The van der Waals surface area contributed by atoms with Gasteiger partial charge in [-0.25, -0.2) is 4.79 Å². The average molecular weight is 602 g/mol. The highest BCUT2D eigenvalue weighted by atomic mass is 16.6. The van der Waals surface area contributed by atoms with Crippen LogP contribution < -0.4 is 21.5 Å². The van der Waals surface area contributed by atoms with Crippen LogP contribution in [-0.4, -0.2) is 52.7 Å². The van der Waals surface area contributed by atoms with E-state index in [0.717, 1.165) is 11.1 Å². The number of hydrogen-bond acceptors (Lipinski definition) is 5. The molecule has 1 amide bonds. The van der Waals surface area contributed by atoms with E-state index in [0.29, 0.717) is 25.3 Å². The van der Waals surface area contributed by atoms with E-state index in [4.69, 9.17) is 4.74 Å². The Morgan fingerprint density at radius 1 is 0.818 bits per heavy atom. The predicted octanol–water partition coefficient (Wildman–Crippen LogP) is 5.06. The molecule has 9 nitrogen and oxygen atoms in total. The number of nitrogens with zero attached hydrogens (tertiary/aromatic N) is 2. The van der Waals surface area contributed by atoms with Gasteiger partial charge in [0.05, 0.1) is 6.04 Å². The number of hydrogen-bond donors (Lipinski definition) is 3. The molecule has 3 aromatic rings. The minimum absolute atomic E-state index is 0.0551. The fourth-order valence-electron chi connectivity index (χ4n) is 4.69. The number of carbonyl (C=O) groups excluding carboxylic acids is 2. The number of pyridine rings is 1. The van der Waals surface area contributed by atoms with Crippen LogP contribution in [-0.2, 0) is 9.53 Å². The van der Waals surface area contributed by atoms with E-state index in [2.05, 4.69) is 20.9 Å². The third kappa shape index (κ3) is 10.4. The zero-order valence-corrected chi connectivity index (χ0v) is 27.0. The van der Waals surface area contributed by atoms with Crippen LogP contribution in [0, 0.1) is 0 Å². The minimum Gasteiger partial charge on any atom is -0.458 e. The van der Waals surface area contributed by atoms with Crippen molar-refractivity contribution in [2.75, 3.05) is 6.54 Å². The number of carbonyl (C=O) groups is 2. The number of esters is 1. The molecule has 1 heterocycles. The first-order valence-electron chi connectivity index (χ1n) is 15.3. The van der Waals surface area contributed by atoms with E-state index in [1.54, 1.807) is 37.6 Å². The summed E-state index contributed by atoms with van der Waals surface area (Å²) in [4.78, 5) is 45.3. The summed E-state index contributed by atoms with van der Waals surface area (Å²) in [7, 11) is 0. The van der Waals surface area contributed by atoms with E-state index < -0.39 is 35.1 Å². The minimum atomic E-state index is -0.955. The van der Waals surface area contributed by atoms with Gasteiger partial charge in [0.15, 0.2) is 5.96 Å². The maximum Gasteiger partial charge on any atom is 0.329 e. The van der Waals surface area contributed by atoms with Crippen molar-refractivity contribution >= 4 is 17.8 Å². The van der Waals surface area contributed by atoms with Crippen molar-refractivity contribution in [3.63, 3.8) is 0 Å². The highest BCUT2D eigenvalue weighted by Gasteiger charge is 2.28. The van der Waals surface area contributed by atoms with Gasteiger partial charge in [-0.05, 0) is 84.6 Å². The van der Waals surface area contributed by atoms with Crippen LogP contribution in [0.2, 0.25) is 0 Å². The van der Waals surface area contributed by atoms with Crippen LogP contribution in [0.4, 0.5) is 0 Å². The van der Waals surface area contributed by atoms with Crippen molar-refractivity contribution in [3.05, 3.63) is 106 Å². The Morgan fingerprint density at radius 3 is 1.86 bits per heavy atom. The van der Waals surface area contributed by atoms with Crippen LogP contribution in [0.5, 0.6) is 0 Å². The molecule has 0 unspecified atom stereocenters. The van der Waals surface area contributed by atoms with Crippen LogP contribution in [0.1, 0.15) is 88.8 Å². The van der Waals surface area contributed by atoms with Crippen molar-refractivity contribution in [2.24, 2.45) is 4.99 Å². The molecule has 0 fully saturated rings. The molecule has 3 rings (SSSR count). The lowest BCUT2D eigenvalue weighted by atomic mass is 9.98. The van der Waals surface area contributed by atoms with Gasteiger partial charge in [-0.1, -0.05) is 60.7 Å². The van der Waals surface area contributed by atoms with Gasteiger partial charge in [0.2, 0.25) is 0 Å². The largest absolute Gasteiger partial charge is 0.458 e. The molecular weight excluding hydrogens is 554 g/mol. The fourth-order valence-corrected chi connectivity index (χ4v) is 4.69. The maximum absolute atomic E-state index is 13.8. The van der Waals surface area contributed by atoms with Gasteiger partial charge in [-0.15, -0.1) is 0 Å². The number of guanidine groups is 1. The van der Waals surface area contributed by atoms with Crippen molar-refractivity contribution in [3.8, 4) is 0 Å². The van der Waals surface area contributed by atoms with Crippen molar-refractivity contribution < 1.29 is 14.3 Å². The molecule has 0 bridgehead atoms. The van der Waals surface area contributed by atoms with Crippen molar-refractivity contribution in [2.45, 2.75) is 91.1 Å². The molecule has 0 spiro atoms. The Labute approximate surface area is 261 Å². The molecule has 0 radical (unpaired) electrons. The van der Waals surface area contributed by atoms with E-state index in [1.807, 2.05) is 88.4 Å². The smallest absolute Gasteiger partial charge is 0.329 e. The van der Waals surface area contributed by atoms with Crippen molar-refractivity contribution in [1.82, 2.24) is 20.5 Å². The third-order valence-electron chi connectivity index (χ3n) is 6.50. The third-order valence-corrected chi connectivity index (χ3v) is 6.50. The molecule has 1 atom stereocenters. The number of nitrogens with one attached hydrogen (secondary N) is 3. The Bertz CT molecular complexity index is 1390. The molecule has 9 heteroatoms. The topological polar surface area (TPSA) is 114 Å². The number of aliphatic imine (C=N–C) groups is 1. The van der Waals surface area contributed by atoms with E-state index in [9.17, 15) is 14.4 Å². The second-order valence-electron chi connectivity index (χ2n) is 12.4. The Morgan fingerprint density at radius 2 is 1.36 bits per heavy atom. The number of benzene rings is 2. The maximum atomic E-state index is 13.8. The molecule has 3 N–H and O–H groups in total. The zero-order chi connectivity index (χ0) is 32.3. The first-order chi connectivity index (χ1) is 20.9. The van der Waals surface area contributed by atoms with Gasteiger partial charge in [-0.3, -0.25) is 14.6 Å². The van der Waals surface area contributed by atoms with E-state index >= 15 is 0 Å². The summed E-state index contributed by atoms with van der Waals surface area (Å²) in [6.45, 7) is 13.9. The average Bonchev–Trinajstić information content (AvgIpc) is 2.95. The van der Waals surface area contributed by atoms with Gasteiger partial charge in [-0.2, -0.15) is 0 Å². The van der Waals surface area contributed by atoms with Crippen LogP contribution in [0.3, 0.4) is 0 Å². The summed E-state index contributed by atoms with van der Waals surface area (Å²) in [6, 6.07) is 21.5. The van der Waals surface area contributed by atoms with Gasteiger partial charge >= 0.3 is 5.97 Å². The lowest BCUT2D eigenvalue weighted by Gasteiger charge is -2.25. The number of aromatic nitrogens is 1. The second-order valence-corrected chi connectivity index (χ2v) is 12.4. The Hall–Kier alpha value is -4.40. The first kappa shape index (κ1) is 34.1. The van der Waals surface area contributed by atoms with Crippen LogP contribution >= 0.6 is 0 Å². The monoisotopic (exact) mass is 601 g/mol. The summed E-state index contributed by atoms with van der Waals surface area (Å²) < 4.78 is 7.19. The lowest BCUT2D eigenvalue weighted by Crippen LogP contribution is -2.46. The molecule has 0 saturated heterocycles. The van der Waals surface area contributed by atoms with Gasteiger partial charge < -0.3 is 25.3 Å². The molecule has 0 aliphatic rings.